The predicted molar refractivity (Wildman–Crippen MR) is 97.9 cm³/mol. The van der Waals surface area contributed by atoms with Crippen LogP contribution in [0.4, 0.5) is 5.82 Å². The van der Waals surface area contributed by atoms with Crippen LogP contribution in [0.1, 0.15) is 20.1 Å². The van der Waals surface area contributed by atoms with E-state index in [4.69, 9.17) is 30.9 Å². The van der Waals surface area contributed by atoms with Crippen molar-refractivity contribution in [3.05, 3.63) is 11.6 Å². The second kappa shape index (κ2) is 8.17. The van der Waals surface area contributed by atoms with Crippen LogP contribution in [0.3, 0.4) is 0 Å². The number of halogens is 1. The molecule has 5 N–H and O–H groups in total. The second-order valence-corrected chi connectivity index (χ2v) is 8.60. The summed E-state index contributed by atoms with van der Waals surface area (Å²) in [5.41, 5.74) is 0.695. The van der Waals surface area contributed by atoms with Gasteiger partial charge in [0.15, 0.2) is 23.2 Å². The van der Waals surface area contributed by atoms with Gasteiger partial charge in [-0.2, -0.15) is 9.97 Å². The average Bonchev–Trinajstić information content (AvgIpc) is 3.09. The molecule has 14 heteroatoms. The van der Waals surface area contributed by atoms with E-state index in [2.05, 4.69) is 20.3 Å². The van der Waals surface area contributed by atoms with Crippen LogP contribution < -0.4 is 5.32 Å². The molecule has 1 saturated heterocycles. The van der Waals surface area contributed by atoms with Crippen LogP contribution >= 0.6 is 19.2 Å². The first-order valence-electron chi connectivity index (χ1n) is 8.37. The lowest BCUT2D eigenvalue weighted by Crippen LogP contribution is -2.33. The fraction of sp³-hybridized carbons (Fsp3) is 0.643. The Kier molecular flexibility index (Phi) is 6.23. The molecule has 0 aliphatic carbocycles. The number of ether oxygens (including phenoxy) is 2. The highest BCUT2D eigenvalue weighted by Crippen LogP contribution is 2.36. The third-order valence-corrected chi connectivity index (χ3v) is 4.66. The predicted octanol–water partition coefficient (Wildman–Crippen LogP) is 0.0710. The molecule has 0 amide bonds. The van der Waals surface area contributed by atoms with Gasteiger partial charge in [-0.1, -0.05) is 0 Å². The van der Waals surface area contributed by atoms with Crippen LogP contribution in [0.5, 0.6) is 0 Å². The summed E-state index contributed by atoms with van der Waals surface area (Å²) in [5.74, 6) is 0.415. The Morgan fingerprint density at radius 2 is 2.07 bits per heavy atom. The zero-order chi connectivity index (χ0) is 20.6. The minimum absolute atomic E-state index is 0.0352. The molecule has 4 atom stereocenters. The first kappa shape index (κ1) is 21.3. The van der Waals surface area contributed by atoms with Crippen molar-refractivity contribution in [3.8, 4) is 0 Å². The molecular formula is C14H21ClN5O7P. The van der Waals surface area contributed by atoms with Gasteiger partial charge in [0.05, 0.1) is 12.9 Å². The van der Waals surface area contributed by atoms with Crippen molar-refractivity contribution in [2.45, 2.75) is 44.4 Å². The topological polar surface area (TPSA) is 172 Å². The normalized spacial score (nSPS) is 25.7. The highest BCUT2D eigenvalue weighted by atomic mass is 35.5. The van der Waals surface area contributed by atoms with Gasteiger partial charge in [0.2, 0.25) is 5.28 Å². The zero-order valence-electron chi connectivity index (χ0n) is 15.0. The molecule has 1 fully saturated rings. The largest absolute Gasteiger partial charge is 0.387 e. The van der Waals surface area contributed by atoms with Crippen LogP contribution in [0.15, 0.2) is 6.33 Å². The van der Waals surface area contributed by atoms with E-state index in [1.807, 2.05) is 13.8 Å². The van der Waals surface area contributed by atoms with E-state index in [-0.39, 0.29) is 23.6 Å². The third kappa shape index (κ3) is 4.61. The quantitative estimate of drug-likeness (QED) is 0.293. The molecule has 156 valence electrons. The Morgan fingerprint density at radius 1 is 1.36 bits per heavy atom. The minimum atomic E-state index is -4.35. The Bertz CT molecular complexity index is 890. The molecule has 1 aliphatic rings. The van der Waals surface area contributed by atoms with Crippen molar-refractivity contribution in [3.63, 3.8) is 0 Å². The van der Waals surface area contributed by atoms with E-state index in [1.165, 1.54) is 10.9 Å². The summed E-state index contributed by atoms with van der Waals surface area (Å²) in [7, 11) is -4.35. The van der Waals surface area contributed by atoms with Gasteiger partial charge in [-0.15, -0.1) is 0 Å². The van der Waals surface area contributed by atoms with Gasteiger partial charge in [-0.25, -0.2) is 4.98 Å². The third-order valence-electron chi connectivity index (χ3n) is 3.97. The molecule has 1 aliphatic heterocycles. The van der Waals surface area contributed by atoms with Crippen molar-refractivity contribution < 1.29 is 34.0 Å². The Labute approximate surface area is 164 Å². The van der Waals surface area contributed by atoms with E-state index in [0.717, 1.165) is 0 Å². The van der Waals surface area contributed by atoms with Gasteiger partial charge in [-0.3, -0.25) is 9.13 Å². The average molecular weight is 438 g/mol. The Morgan fingerprint density at radius 3 is 2.71 bits per heavy atom. The lowest BCUT2D eigenvalue weighted by molar-refractivity contribution is -0.0612. The molecule has 0 saturated carbocycles. The molecule has 3 rings (SSSR count). The Balaban J connectivity index is 1.84. The van der Waals surface area contributed by atoms with E-state index in [0.29, 0.717) is 11.3 Å². The summed E-state index contributed by atoms with van der Waals surface area (Å²) in [6.45, 7) is 3.52. The fourth-order valence-electron chi connectivity index (χ4n) is 2.83. The molecule has 0 unspecified atom stereocenters. The number of fused-ring (bicyclic) bond motifs is 1. The number of imidazole rings is 1. The number of aliphatic hydroxyl groups excluding tert-OH is 2. The molecular weight excluding hydrogens is 417 g/mol. The second-order valence-electron chi connectivity index (χ2n) is 6.68. The van der Waals surface area contributed by atoms with Crippen LogP contribution in [-0.2, 0) is 14.0 Å². The summed E-state index contributed by atoms with van der Waals surface area (Å²) in [6.07, 6.45) is -4.19. The first-order valence-corrected chi connectivity index (χ1v) is 10.5. The van der Waals surface area contributed by atoms with Crippen LogP contribution in [0.25, 0.3) is 11.2 Å². The maximum absolute atomic E-state index is 10.9. The summed E-state index contributed by atoms with van der Waals surface area (Å²) in [6, 6.07) is 0.0602. The molecule has 0 bridgehead atoms. The van der Waals surface area contributed by atoms with Crippen molar-refractivity contribution in [1.82, 2.24) is 19.5 Å². The lowest BCUT2D eigenvalue weighted by atomic mass is 10.1. The summed E-state index contributed by atoms with van der Waals surface area (Å²) in [5, 5.41) is 23.7. The van der Waals surface area contributed by atoms with Crippen molar-refractivity contribution in [2.24, 2.45) is 0 Å². The van der Waals surface area contributed by atoms with E-state index in [1.54, 1.807) is 0 Å². The minimum Gasteiger partial charge on any atom is -0.387 e. The molecule has 0 radical (unpaired) electrons. The van der Waals surface area contributed by atoms with Crippen molar-refractivity contribution in [1.29, 1.82) is 0 Å². The lowest BCUT2D eigenvalue weighted by Gasteiger charge is -2.17. The van der Waals surface area contributed by atoms with Crippen LogP contribution in [-0.4, -0.2) is 76.8 Å². The summed E-state index contributed by atoms with van der Waals surface area (Å²) in [4.78, 5) is 30.2. The van der Waals surface area contributed by atoms with Gasteiger partial charge in [-0.05, 0) is 25.4 Å². The standard InChI is InChI=1S/C14H21ClN5O7P/c1-6(2)17-11-8-12(19-14(15)18-11)20(4-16-8)13-10(22)9(21)7(27-13)3-26-5-28(23,24)25/h4,6-7,9-10,13,21-22H,3,5H2,1-2H3,(H,17,18,19)(H2,23,24,25)/t7-,9-,10-,13-/m1/s1. The number of aromatic nitrogens is 4. The Hall–Kier alpha value is -1.37. The summed E-state index contributed by atoms with van der Waals surface area (Å²) >= 11 is 6.00. The molecule has 2 aromatic rings. The number of hydrogen-bond acceptors (Lipinski definition) is 9. The molecule has 12 nitrogen and oxygen atoms in total. The smallest absolute Gasteiger partial charge is 0.350 e. The summed E-state index contributed by atoms with van der Waals surface area (Å²) < 4.78 is 22.8. The maximum Gasteiger partial charge on any atom is 0.350 e. The highest BCUT2D eigenvalue weighted by Gasteiger charge is 2.44. The van der Waals surface area contributed by atoms with E-state index in [9.17, 15) is 14.8 Å². The molecule has 0 aromatic carbocycles. The zero-order valence-corrected chi connectivity index (χ0v) is 16.7. The molecule has 2 aromatic heterocycles. The number of anilines is 1. The van der Waals surface area contributed by atoms with Crippen LogP contribution in [0, 0.1) is 0 Å². The maximum atomic E-state index is 10.9. The van der Waals surface area contributed by atoms with Gasteiger partial charge < -0.3 is 34.8 Å². The SMILES string of the molecule is CC(C)Nc1nc(Cl)nc2c1ncn2[C@@H]1O[C@H](COCP(=O)(O)O)[C@@H](O)[C@H]1O. The van der Waals surface area contributed by atoms with E-state index >= 15 is 0 Å². The monoisotopic (exact) mass is 437 g/mol. The molecule has 28 heavy (non-hydrogen) atoms. The van der Waals surface area contributed by atoms with Gasteiger partial charge in [0.25, 0.3) is 0 Å². The first-order chi connectivity index (χ1) is 13.1. The van der Waals surface area contributed by atoms with Crippen molar-refractivity contribution in [2.75, 3.05) is 18.3 Å². The van der Waals surface area contributed by atoms with Crippen LogP contribution in [0.2, 0.25) is 5.28 Å². The number of nitrogens with zero attached hydrogens (tertiary/aromatic N) is 4. The van der Waals surface area contributed by atoms with E-state index < -0.39 is 38.5 Å². The highest BCUT2D eigenvalue weighted by molar-refractivity contribution is 7.51. The van der Waals surface area contributed by atoms with Gasteiger partial charge in [0.1, 0.15) is 24.7 Å². The van der Waals surface area contributed by atoms with Gasteiger partial charge >= 0.3 is 7.60 Å². The number of aliphatic hydroxyl groups is 2. The number of nitrogens with one attached hydrogen (secondary N) is 1. The fourth-order valence-corrected chi connectivity index (χ4v) is 3.34. The molecule has 3 heterocycles. The molecule has 0 spiro atoms. The van der Waals surface area contributed by atoms with Gasteiger partial charge in [0, 0.05) is 6.04 Å². The number of hydrogen-bond donors (Lipinski definition) is 5. The van der Waals surface area contributed by atoms with Crippen molar-refractivity contribution >= 4 is 36.2 Å². The number of rotatable bonds is 7.